The summed E-state index contributed by atoms with van der Waals surface area (Å²) in [5.74, 6) is 0.286. The number of carbonyl (C=O) groups excluding carboxylic acids is 2. The highest BCUT2D eigenvalue weighted by Crippen LogP contribution is 2.17. The minimum atomic E-state index is 0.0483. The van der Waals surface area contributed by atoms with Crippen molar-refractivity contribution >= 4 is 17.9 Å². The maximum atomic E-state index is 12.6. The Morgan fingerprint density at radius 1 is 1.11 bits per heavy atom. The van der Waals surface area contributed by atoms with Crippen molar-refractivity contribution in [2.75, 3.05) is 39.3 Å². The monoisotopic (exact) mass is 369 g/mol. The molecule has 2 amide bonds. The standard InChI is InChI=1S/C22H31N3O2/c1-18-6-5-8-20(16-18)9-10-21(26)24-14-12-23(13-15-24)17-22(27)25-11-4-3-7-19(25)2/h5-6,8-10,16,19H,3-4,7,11-15,17H2,1-2H3/b10-9+/t19-/m0/s1. The molecule has 2 fully saturated rings. The number of rotatable bonds is 4. The minimum absolute atomic E-state index is 0.0483. The van der Waals surface area contributed by atoms with Crippen molar-refractivity contribution in [3.8, 4) is 0 Å². The second-order valence-electron chi connectivity index (χ2n) is 7.78. The van der Waals surface area contributed by atoms with Crippen LogP contribution < -0.4 is 0 Å². The molecule has 3 rings (SSSR count). The summed E-state index contributed by atoms with van der Waals surface area (Å²) < 4.78 is 0. The van der Waals surface area contributed by atoms with Crippen molar-refractivity contribution in [3.05, 3.63) is 41.5 Å². The van der Waals surface area contributed by atoms with Gasteiger partial charge >= 0.3 is 0 Å². The zero-order valence-electron chi connectivity index (χ0n) is 16.6. The third-order valence-corrected chi connectivity index (χ3v) is 5.63. The van der Waals surface area contributed by atoms with Gasteiger partial charge in [-0.1, -0.05) is 29.8 Å². The molecule has 5 nitrogen and oxygen atoms in total. The molecule has 0 radical (unpaired) electrons. The van der Waals surface area contributed by atoms with E-state index >= 15 is 0 Å². The van der Waals surface area contributed by atoms with Crippen LogP contribution in [0.5, 0.6) is 0 Å². The number of likely N-dealkylation sites (tertiary alicyclic amines) is 1. The topological polar surface area (TPSA) is 43.9 Å². The predicted octanol–water partition coefficient (Wildman–Crippen LogP) is 2.55. The lowest BCUT2D eigenvalue weighted by Crippen LogP contribution is -2.52. The molecule has 2 heterocycles. The minimum Gasteiger partial charge on any atom is -0.339 e. The SMILES string of the molecule is Cc1cccc(/C=C/C(=O)N2CCN(CC(=O)N3CCCC[C@@H]3C)CC2)c1. The second kappa shape index (κ2) is 9.18. The van der Waals surface area contributed by atoms with E-state index in [4.69, 9.17) is 0 Å². The molecule has 1 aromatic rings. The summed E-state index contributed by atoms with van der Waals surface area (Å²) in [4.78, 5) is 31.1. The Balaban J connectivity index is 1.45. The van der Waals surface area contributed by atoms with Crippen LogP contribution in [0.2, 0.25) is 0 Å². The quantitative estimate of drug-likeness (QED) is 0.766. The van der Waals surface area contributed by atoms with Crippen molar-refractivity contribution in [1.82, 2.24) is 14.7 Å². The smallest absolute Gasteiger partial charge is 0.246 e. The van der Waals surface area contributed by atoms with Crippen LogP contribution in [-0.2, 0) is 9.59 Å². The molecule has 0 spiro atoms. The zero-order chi connectivity index (χ0) is 19.2. The molecule has 1 aromatic carbocycles. The van der Waals surface area contributed by atoms with Crippen LogP contribution in [0.1, 0.15) is 37.3 Å². The van der Waals surface area contributed by atoms with Crippen molar-refractivity contribution in [2.45, 2.75) is 39.2 Å². The summed E-state index contributed by atoms with van der Waals surface area (Å²) in [6.07, 6.45) is 6.99. The van der Waals surface area contributed by atoms with Crippen molar-refractivity contribution in [2.24, 2.45) is 0 Å². The second-order valence-corrected chi connectivity index (χ2v) is 7.78. The summed E-state index contributed by atoms with van der Waals surface area (Å²) in [7, 11) is 0. The van der Waals surface area contributed by atoms with Crippen LogP contribution in [0.25, 0.3) is 6.08 Å². The fourth-order valence-corrected chi connectivity index (χ4v) is 3.92. The van der Waals surface area contributed by atoms with Gasteiger partial charge in [-0.15, -0.1) is 0 Å². The summed E-state index contributed by atoms with van der Waals surface area (Å²) in [6, 6.07) is 8.47. The van der Waals surface area contributed by atoms with Gasteiger partial charge in [0.15, 0.2) is 0 Å². The van der Waals surface area contributed by atoms with E-state index in [1.54, 1.807) is 6.08 Å². The van der Waals surface area contributed by atoms with Gasteiger partial charge in [0.1, 0.15) is 0 Å². The lowest BCUT2D eigenvalue weighted by atomic mass is 10.0. The number of amides is 2. The van der Waals surface area contributed by atoms with E-state index < -0.39 is 0 Å². The molecule has 27 heavy (non-hydrogen) atoms. The predicted molar refractivity (Wildman–Crippen MR) is 108 cm³/mol. The molecule has 0 unspecified atom stereocenters. The number of aryl methyl sites for hydroxylation is 1. The highest BCUT2D eigenvalue weighted by molar-refractivity contribution is 5.91. The van der Waals surface area contributed by atoms with E-state index in [2.05, 4.69) is 17.9 Å². The van der Waals surface area contributed by atoms with Crippen LogP contribution >= 0.6 is 0 Å². The number of nitrogens with zero attached hydrogens (tertiary/aromatic N) is 3. The molecular formula is C22H31N3O2. The van der Waals surface area contributed by atoms with Gasteiger partial charge in [0, 0.05) is 44.8 Å². The molecule has 0 saturated carbocycles. The van der Waals surface area contributed by atoms with Crippen LogP contribution in [0, 0.1) is 6.92 Å². The number of piperazine rings is 1. The molecular weight excluding hydrogens is 338 g/mol. The van der Waals surface area contributed by atoms with Crippen molar-refractivity contribution in [1.29, 1.82) is 0 Å². The Bertz CT molecular complexity index is 693. The largest absolute Gasteiger partial charge is 0.339 e. The molecule has 5 heteroatoms. The number of hydrogen-bond donors (Lipinski definition) is 0. The number of benzene rings is 1. The number of hydrogen-bond acceptors (Lipinski definition) is 3. The molecule has 2 saturated heterocycles. The van der Waals surface area contributed by atoms with E-state index in [1.807, 2.05) is 41.0 Å². The average Bonchev–Trinajstić information content (AvgIpc) is 2.67. The van der Waals surface area contributed by atoms with E-state index in [0.29, 0.717) is 25.7 Å². The Hall–Kier alpha value is -2.14. The van der Waals surface area contributed by atoms with E-state index in [9.17, 15) is 9.59 Å². The summed E-state index contributed by atoms with van der Waals surface area (Å²) in [6.45, 7) is 8.45. The third kappa shape index (κ3) is 5.42. The van der Waals surface area contributed by atoms with Crippen molar-refractivity contribution < 1.29 is 9.59 Å². The Kier molecular flexibility index (Phi) is 6.67. The number of piperidine rings is 1. The third-order valence-electron chi connectivity index (χ3n) is 5.63. The van der Waals surface area contributed by atoms with Crippen LogP contribution in [0.15, 0.2) is 30.3 Å². The molecule has 0 aliphatic carbocycles. The summed E-state index contributed by atoms with van der Waals surface area (Å²) >= 11 is 0. The highest BCUT2D eigenvalue weighted by atomic mass is 16.2. The average molecular weight is 370 g/mol. The van der Waals surface area contributed by atoms with Gasteiger partial charge in [0.25, 0.3) is 0 Å². The fourth-order valence-electron chi connectivity index (χ4n) is 3.92. The van der Waals surface area contributed by atoms with Gasteiger partial charge < -0.3 is 9.80 Å². The van der Waals surface area contributed by atoms with Gasteiger partial charge in [-0.25, -0.2) is 0 Å². The summed E-state index contributed by atoms with van der Waals surface area (Å²) in [5, 5.41) is 0. The van der Waals surface area contributed by atoms with Crippen molar-refractivity contribution in [3.63, 3.8) is 0 Å². The normalized spacial score (nSPS) is 21.6. The van der Waals surface area contributed by atoms with E-state index in [1.165, 1.54) is 12.0 Å². The maximum Gasteiger partial charge on any atom is 0.246 e. The first kappa shape index (κ1) is 19.6. The van der Waals surface area contributed by atoms with E-state index in [-0.39, 0.29) is 11.8 Å². The first-order valence-corrected chi connectivity index (χ1v) is 10.1. The van der Waals surface area contributed by atoms with Crippen LogP contribution in [-0.4, -0.2) is 71.8 Å². The zero-order valence-corrected chi connectivity index (χ0v) is 16.6. The van der Waals surface area contributed by atoms with Gasteiger partial charge in [-0.05, 0) is 44.7 Å². The Labute approximate surface area is 162 Å². The molecule has 146 valence electrons. The molecule has 2 aliphatic heterocycles. The fraction of sp³-hybridized carbons (Fsp3) is 0.545. The molecule has 0 aromatic heterocycles. The molecule has 0 N–H and O–H groups in total. The Morgan fingerprint density at radius 2 is 1.89 bits per heavy atom. The molecule has 1 atom stereocenters. The van der Waals surface area contributed by atoms with Gasteiger partial charge in [0.05, 0.1) is 6.54 Å². The first-order valence-electron chi connectivity index (χ1n) is 10.1. The van der Waals surface area contributed by atoms with E-state index in [0.717, 1.165) is 38.0 Å². The maximum absolute atomic E-state index is 12.6. The molecule has 2 aliphatic rings. The first-order chi connectivity index (χ1) is 13.0. The highest BCUT2D eigenvalue weighted by Gasteiger charge is 2.26. The number of carbonyl (C=O) groups is 2. The lowest BCUT2D eigenvalue weighted by Gasteiger charge is -2.37. The van der Waals surface area contributed by atoms with Crippen LogP contribution in [0.4, 0.5) is 0 Å². The van der Waals surface area contributed by atoms with Gasteiger partial charge in [-0.2, -0.15) is 0 Å². The lowest BCUT2D eigenvalue weighted by molar-refractivity contribution is -0.136. The van der Waals surface area contributed by atoms with Gasteiger partial charge in [-0.3, -0.25) is 14.5 Å². The van der Waals surface area contributed by atoms with Gasteiger partial charge in [0.2, 0.25) is 11.8 Å². The summed E-state index contributed by atoms with van der Waals surface area (Å²) in [5.41, 5.74) is 2.23. The van der Waals surface area contributed by atoms with Crippen LogP contribution in [0.3, 0.4) is 0 Å². The molecule has 0 bridgehead atoms. The Morgan fingerprint density at radius 3 is 2.59 bits per heavy atom.